The summed E-state index contributed by atoms with van der Waals surface area (Å²) in [5.41, 5.74) is 3.84. The molecule has 0 aliphatic carbocycles. The van der Waals surface area contributed by atoms with Crippen molar-refractivity contribution in [3.05, 3.63) is 34.9 Å². The minimum absolute atomic E-state index is 0.0878. The van der Waals surface area contributed by atoms with Crippen LogP contribution >= 0.6 is 11.6 Å². The number of rotatable bonds is 6. The molecule has 2 amide bonds. The van der Waals surface area contributed by atoms with Crippen LogP contribution in [0.4, 0.5) is 0 Å². The summed E-state index contributed by atoms with van der Waals surface area (Å²) in [5, 5.41) is 7.31. The Morgan fingerprint density at radius 3 is 2.38 bits per heavy atom. The van der Waals surface area contributed by atoms with Gasteiger partial charge in [0.15, 0.2) is 0 Å². The molecule has 0 bridgehead atoms. The molecular weight excluding hydrogens is 290 g/mol. The fourth-order valence-electron chi connectivity index (χ4n) is 1.63. The molecule has 0 saturated heterocycles. The molecule has 1 aromatic carbocycles. The first kappa shape index (κ1) is 17.2. The molecule has 0 aromatic heterocycles. The lowest BCUT2D eigenvalue weighted by molar-refractivity contribution is -0.121. The zero-order valence-electron chi connectivity index (χ0n) is 12.4. The molecule has 0 aliphatic heterocycles. The molecule has 0 radical (unpaired) electrons. The number of halogens is 1. The largest absolute Gasteiger partial charge is 0.354 e. The van der Waals surface area contributed by atoms with E-state index in [4.69, 9.17) is 11.6 Å². The molecule has 0 aliphatic rings. The summed E-state index contributed by atoms with van der Waals surface area (Å²) >= 11 is 5.78. The normalized spacial score (nSPS) is 11.4. The molecule has 6 heteroatoms. The number of hydrazone groups is 1. The number of nitrogens with zero attached hydrogens (tertiary/aromatic N) is 1. The highest BCUT2D eigenvalue weighted by Crippen LogP contribution is 2.09. The molecule has 0 heterocycles. The third-order valence-corrected chi connectivity index (χ3v) is 2.77. The van der Waals surface area contributed by atoms with Crippen molar-refractivity contribution in [2.24, 2.45) is 5.10 Å². The molecule has 5 nitrogen and oxygen atoms in total. The molecule has 2 N–H and O–H groups in total. The molecule has 1 aromatic rings. The fourth-order valence-corrected chi connectivity index (χ4v) is 1.76. The maximum absolute atomic E-state index is 11.7. The van der Waals surface area contributed by atoms with Gasteiger partial charge in [0, 0.05) is 16.8 Å². The first-order chi connectivity index (χ1) is 9.86. The molecular formula is C15H20ClN3O2. The van der Waals surface area contributed by atoms with Crippen molar-refractivity contribution in [1.82, 2.24) is 10.7 Å². The Morgan fingerprint density at radius 1 is 1.19 bits per heavy atom. The Labute approximate surface area is 129 Å². The van der Waals surface area contributed by atoms with Gasteiger partial charge in [-0.25, -0.2) is 5.43 Å². The monoisotopic (exact) mass is 309 g/mol. The highest BCUT2D eigenvalue weighted by Gasteiger charge is 2.06. The first-order valence-electron chi connectivity index (χ1n) is 6.72. The van der Waals surface area contributed by atoms with Crippen LogP contribution in [-0.4, -0.2) is 23.6 Å². The van der Waals surface area contributed by atoms with Gasteiger partial charge in [-0.3, -0.25) is 9.59 Å². The Morgan fingerprint density at radius 2 is 1.81 bits per heavy atom. The average Bonchev–Trinajstić information content (AvgIpc) is 2.38. The maximum Gasteiger partial charge on any atom is 0.244 e. The third-order valence-electron chi connectivity index (χ3n) is 2.52. The SMILES string of the molecule is C/C(CC(=O)NC(C)C)=N/NC(=O)Cc1ccc(Cl)cc1. The average molecular weight is 310 g/mol. The van der Waals surface area contributed by atoms with E-state index in [-0.39, 0.29) is 30.7 Å². The number of nitrogens with one attached hydrogen (secondary N) is 2. The molecule has 114 valence electrons. The first-order valence-corrected chi connectivity index (χ1v) is 7.10. The van der Waals surface area contributed by atoms with Crippen molar-refractivity contribution in [2.75, 3.05) is 0 Å². The summed E-state index contributed by atoms with van der Waals surface area (Å²) in [6.45, 7) is 5.47. The van der Waals surface area contributed by atoms with E-state index in [1.807, 2.05) is 13.8 Å². The van der Waals surface area contributed by atoms with E-state index in [0.717, 1.165) is 5.56 Å². The summed E-state index contributed by atoms with van der Waals surface area (Å²) in [4.78, 5) is 23.2. The smallest absolute Gasteiger partial charge is 0.244 e. The lowest BCUT2D eigenvalue weighted by Gasteiger charge is -2.08. The molecule has 0 fully saturated rings. The summed E-state index contributed by atoms with van der Waals surface area (Å²) in [5.74, 6) is -0.348. The molecule has 0 atom stereocenters. The Kier molecular flexibility index (Phi) is 6.88. The molecule has 21 heavy (non-hydrogen) atoms. The van der Waals surface area contributed by atoms with Crippen molar-refractivity contribution >= 4 is 29.1 Å². The van der Waals surface area contributed by atoms with E-state index in [1.165, 1.54) is 0 Å². The van der Waals surface area contributed by atoms with E-state index in [1.54, 1.807) is 31.2 Å². The Hall–Kier alpha value is -1.88. The van der Waals surface area contributed by atoms with Crippen molar-refractivity contribution in [3.8, 4) is 0 Å². The Balaban J connectivity index is 2.42. The van der Waals surface area contributed by atoms with Crippen LogP contribution in [0, 0.1) is 0 Å². The van der Waals surface area contributed by atoms with Gasteiger partial charge < -0.3 is 5.32 Å². The van der Waals surface area contributed by atoms with Gasteiger partial charge in [0.2, 0.25) is 11.8 Å². The van der Waals surface area contributed by atoms with Gasteiger partial charge in [-0.1, -0.05) is 23.7 Å². The number of benzene rings is 1. The van der Waals surface area contributed by atoms with Crippen LogP contribution in [0.15, 0.2) is 29.4 Å². The standard InChI is InChI=1S/C15H20ClN3O2/c1-10(2)17-14(20)8-11(3)18-19-15(21)9-12-4-6-13(16)7-5-12/h4-7,10H,8-9H2,1-3H3,(H,17,20)(H,19,21)/b18-11-. The number of hydrogen-bond donors (Lipinski definition) is 2. The van der Waals surface area contributed by atoms with Crippen LogP contribution in [0.25, 0.3) is 0 Å². The zero-order valence-corrected chi connectivity index (χ0v) is 13.2. The second-order valence-corrected chi connectivity index (χ2v) is 5.52. The van der Waals surface area contributed by atoms with Gasteiger partial charge in [-0.05, 0) is 38.5 Å². The quantitative estimate of drug-likeness (QED) is 0.625. The van der Waals surface area contributed by atoms with Crippen molar-refractivity contribution in [2.45, 2.75) is 39.7 Å². The number of carbonyl (C=O) groups is 2. The van der Waals surface area contributed by atoms with E-state index < -0.39 is 0 Å². The maximum atomic E-state index is 11.7. The number of carbonyl (C=O) groups excluding carboxylic acids is 2. The van der Waals surface area contributed by atoms with Crippen molar-refractivity contribution < 1.29 is 9.59 Å². The predicted octanol–water partition coefficient (Wildman–Crippen LogP) is 2.29. The van der Waals surface area contributed by atoms with Gasteiger partial charge in [-0.2, -0.15) is 5.10 Å². The lowest BCUT2D eigenvalue weighted by atomic mass is 10.1. The highest BCUT2D eigenvalue weighted by molar-refractivity contribution is 6.30. The highest BCUT2D eigenvalue weighted by atomic mass is 35.5. The Bertz CT molecular complexity index is 524. The molecule has 0 saturated carbocycles. The van der Waals surface area contributed by atoms with Crippen LogP contribution in [0.5, 0.6) is 0 Å². The van der Waals surface area contributed by atoms with E-state index in [2.05, 4.69) is 15.8 Å². The minimum atomic E-state index is -0.235. The van der Waals surface area contributed by atoms with Crippen LogP contribution < -0.4 is 10.7 Å². The van der Waals surface area contributed by atoms with Crippen LogP contribution in [-0.2, 0) is 16.0 Å². The van der Waals surface area contributed by atoms with E-state index in [0.29, 0.717) is 10.7 Å². The zero-order chi connectivity index (χ0) is 15.8. The van der Waals surface area contributed by atoms with Crippen LogP contribution in [0.1, 0.15) is 32.8 Å². The van der Waals surface area contributed by atoms with Crippen LogP contribution in [0.3, 0.4) is 0 Å². The minimum Gasteiger partial charge on any atom is -0.354 e. The molecule has 1 rings (SSSR count). The van der Waals surface area contributed by atoms with Gasteiger partial charge >= 0.3 is 0 Å². The van der Waals surface area contributed by atoms with Crippen molar-refractivity contribution in [1.29, 1.82) is 0 Å². The van der Waals surface area contributed by atoms with E-state index >= 15 is 0 Å². The van der Waals surface area contributed by atoms with Gasteiger partial charge in [0.1, 0.15) is 0 Å². The second-order valence-electron chi connectivity index (χ2n) is 5.08. The van der Waals surface area contributed by atoms with Crippen molar-refractivity contribution in [3.63, 3.8) is 0 Å². The topological polar surface area (TPSA) is 70.6 Å². The van der Waals surface area contributed by atoms with E-state index in [9.17, 15) is 9.59 Å². The fraction of sp³-hybridized carbons (Fsp3) is 0.400. The van der Waals surface area contributed by atoms with Crippen LogP contribution in [0.2, 0.25) is 5.02 Å². The lowest BCUT2D eigenvalue weighted by Crippen LogP contribution is -2.31. The summed E-state index contributed by atoms with van der Waals surface area (Å²) in [6.07, 6.45) is 0.381. The summed E-state index contributed by atoms with van der Waals surface area (Å²) < 4.78 is 0. The second kappa shape index (κ2) is 8.42. The molecule has 0 spiro atoms. The van der Waals surface area contributed by atoms with Gasteiger partial charge in [0.25, 0.3) is 0 Å². The summed E-state index contributed by atoms with van der Waals surface area (Å²) in [7, 11) is 0. The predicted molar refractivity (Wildman–Crippen MR) is 84.3 cm³/mol. The summed E-state index contributed by atoms with van der Waals surface area (Å²) in [6, 6.07) is 7.12. The third kappa shape index (κ3) is 7.46. The molecule has 0 unspecified atom stereocenters. The number of amides is 2. The number of hydrogen-bond acceptors (Lipinski definition) is 3. The van der Waals surface area contributed by atoms with Gasteiger partial charge in [-0.15, -0.1) is 0 Å². The van der Waals surface area contributed by atoms with Gasteiger partial charge in [0.05, 0.1) is 12.8 Å².